The fraction of sp³-hybridized carbons (Fsp3) is 0.316. The van der Waals surface area contributed by atoms with Crippen molar-refractivity contribution in [3.8, 4) is 0 Å². The maximum absolute atomic E-state index is 13.2. The van der Waals surface area contributed by atoms with Crippen LogP contribution in [0, 0.1) is 0 Å². The second kappa shape index (κ2) is 5.67. The molecule has 25 heavy (non-hydrogen) atoms. The van der Waals surface area contributed by atoms with Crippen molar-refractivity contribution in [1.82, 2.24) is 0 Å². The van der Waals surface area contributed by atoms with Crippen LogP contribution < -0.4 is 0 Å². The molecule has 0 aromatic heterocycles. The van der Waals surface area contributed by atoms with Crippen LogP contribution in [0.4, 0.5) is 0 Å². The van der Waals surface area contributed by atoms with E-state index in [-0.39, 0.29) is 34.7 Å². The van der Waals surface area contributed by atoms with Crippen molar-refractivity contribution in [2.24, 2.45) is 0 Å². The van der Waals surface area contributed by atoms with E-state index in [9.17, 15) is 14.4 Å². The molecular formula is C19H16O6. The topological polar surface area (TPSA) is 78.9 Å². The van der Waals surface area contributed by atoms with Crippen LogP contribution in [-0.4, -0.2) is 43.0 Å². The van der Waals surface area contributed by atoms with Crippen LogP contribution in [0.25, 0.3) is 5.57 Å². The number of methoxy groups -OCH3 is 1. The zero-order chi connectivity index (χ0) is 17.7. The van der Waals surface area contributed by atoms with Crippen molar-refractivity contribution < 1.29 is 28.6 Å². The smallest absolute Gasteiger partial charge is 0.309 e. The Morgan fingerprint density at radius 3 is 2.44 bits per heavy atom. The van der Waals surface area contributed by atoms with E-state index in [4.69, 9.17) is 14.2 Å². The number of hydrogen-bond acceptors (Lipinski definition) is 6. The van der Waals surface area contributed by atoms with Gasteiger partial charge in [-0.3, -0.25) is 14.4 Å². The molecule has 0 radical (unpaired) electrons. The van der Waals surface area contributed by atoms with Crippen molar-refractivity contribution in [2.45, 2.75) is 31.7 Å². The lowest BCUT2D eigenvalue weighted by molar-refractivity contribution is -0.142. The molecule has 6 heteroatoms. The Balaban J connectivity index is 1.89. The number of allylic oxidation sites excluding steroid dienone is 2. The van der Waals surface area contributed by atoms with E-state index in [0.29, 0.717) is 5.56 Å². The summed E-state index contributed by atoms with van der Waals surface area (Å²) in [6.07, 6.45) is -1.92. The summed E-state index contributed by atoms with van der Waals surface area (Å²) in [5.74, 6) is -1.21. The fourth-order valence-electron chi connectivity index (χ4n) is 3.70. The summed E-state index contributed by atoms with van der Waals surface area (Å²) in [6.45, 7) is 1.71. The van der Waals surface area contributed by atoms with Crippen molar-refractivity contribution >= 4 is 23.1 Å². The zero-order valence-corrected chi connectivity index (χ0v) is 13.8. The minimum atomic E-state index is -0.849. The number of carbonyl (C=O) groups is 3. The van der Waals surface area contributed by atoms with Gasteiger partial charge in [0.05, 0.1) is 30.8 Å². The van der Waals surface area contributed by atoms with Crippen LogP contribution in [0.5, 0.6) is 0 Å². The van der Waals surface area contributed by atoms with E-state index in [0.717, 1.165) is 0 Å². The molecule has 0 saturated carbocycles. The number of esters is 1. The van der Waals surface area contributed by atoms with Gasteiger partial charge in [-0.05, 0) is 12.5 Å². The molecule has 6 nitrogen and oxygen atoms in total. The normalized spacial score (nSPS) is 28.7. The summed E-state index contributed by atoms with van der Waals surface area (Å²) in [6, 6.07) is 8.89. The highest BCUT2D eigenvalue weighted by molar-refractivity contribution is 6.39. The molecule has 0 bridgehead atoms. The summed E-state index contributed by atoms with van der Waals surface area (Å²) >= 11 is 0. The van der Waals surface area contributed by atoms with Crippen LogP contribution in [0.2, 0.25) is 0 Å². The second-order valence-corrected chi connectivity index (χ2v) is 6.19. The fourth-order valence-corrected chi connectivity index (χ4v) is 3.70. The average Bonchev–Trinajstić information content (AvgIpc) is 2.97. The first-order valence-electron chi connectivity index (χ1n) is 8.05. The maximum Gasteiger partial charge on any atom is 0.309 e. The molecule has 1 fully saturated rings. The van der Waals surface area contributed by atoms with Gasteiger partial charge in [0.1, 0.15) is 6.10 Å². The molecule has 0 N–H and O–H groups in total. The van der Waals surface area contributed by atoms with Crippen LogP contribution in [0.15, 0.2) is 47.2 Å². The van der Waals surface area contributed by atoms with Crippen molar-refractivity contribution in [1.29, 1.82) is 0 Å². The van der Waals surface area contributed by atoms with E-state index in [2.05, 4.69) is 0 Å². The quantitative estimate of drug-likeness (QED) is 0.601. The molecule has 3 atom stereocenters. The largest absolute Gasteiger partial charge is 0.492 e. The van der Waals surface area contributed by atoms with Crippen molar-refractivity contribution in [3.05, 3.63) is 52.8 Å². The molecule has 1 aliphatic carbocycles. The molecule has 1 aromatic carbocycles. The second-order valence-electron chi connectivity index (χ2n) is 6.19. The predicted molar refractivity (Wildman–Crippen MR) is 86.2 cm³/mol. The van der Waals surface area contributed by atoms with Gasteiger partial charge in [0, 0.05) is 5.57 Å². The predicted octanol–water partition coefficient (Wildman–Crippen LogP) is 1.60. The van der Waals surface area contributed by atoms with E-state index >= 15 is 0 Å². The Bertz CT molecular complexity index is 848. The van der Waals surface area contributed by atoms with Gasteiger partial charge in [0.2, 0.25) is 5.78 Å². The summed E-state index contributed by atoms with van der Waals surface area (Å²) in [4.78, 5) is 37.9. The number of ketones is 2. The lowest BCUT2D eigenvalue weighted by Crippen LogP contribution is -2.44. The van der Waals surface area contributed by atoms with E-state index in [1.165, 1.54) is 7.11 Å². The number of hydrogen-bond donors (Lipinski definition) is 0. The molecule has 0 amide bonds. The highest BCUT2D eigenvalue weighted by Crippen LogP contribution is 2.42. The molecule has 4 rings (SSSR count). The van der Waals surface area contributed by atoms with Gasteiger partial charge in [0.15, 0.2) is 17.6 Å². The summed E-state index contributed by atoms with van der Waals surface area (Å²) in [5.41, 5.74) is 1.25. The first kappa shape index (κ1) is 15.8. The molecule has 1 saturated heterocycles. The highest BCUT2D eigenvalue weighted by Gasteiger charge is 2.52. The van der Waals surface area contributed by atoms with Crippen LogP contribution in [0.3, 0.4) is 0 Å². The Kier molecular flexibility index (Phi) is 3.58. The number of carbonyl (C=O) groups excluding carboxylic acids is 3. The van der Waals surface area contributed by atoms with Crippen molar-refractivity contribution in [3.63, 3.8) is 0 Å². The molecule has 1 aromatic rings. The van der Waals surface area contributed by atoms with Gasteiger partial charge in [-0.2, -0.15) is 0 Å². The maximum atomic E-state index is 13.2. The number of ether oxygens (including phenoxy) is 3. The molecular weight excluding hydrogens is 324 g/mol. The Labute approximate surface area is 144 Å². The number of fused-ring (bicyclic) bond motifs is 2. The molecule has 0 unspecified atom stereocenters. The summed E-state index contributed by atoms with van der Waals surface area (Å²) in [5, 5.41) is 0. The van der Waals surface area contributed by atoms with Crippen LogP contribution in [-0.2, 0) is 28.6 Å². The van der Waals surface area contributed by atoms with E-state index < -0.39 is 30.1 Å². The Morgan fingerprint density at radius 1 is 1.04 bits per heavy atom. The molecule has 3 aliphatic rings. The molecule has 2 heterocycles. The zero-order valence-electron chi connectivity index (χ0n) is 13.8. The van der Waals surface area contributed by atoms with Gasteiger partial charge in [-0.25, -0.2) is 0 Å². The third kappa shape index (κ3) is 2.25. The minimum absolute atomic E-state index is 0.0225. The molecule has 0 spiro atoms. The third-order valence-electron chi connectivity index (χ3n) is 4.74. The highest BCUT2D eigenvalue weighted by atomic mass is 16.6. The van der Waals surface area contributed by atoms with Crippen LogP contribution >= 0.6 is 0 Å². The van der Waals surface area contributed by atoms with Crippen LogP contribution in [0.1, 0.15) is 18.9 Å². The first-order chi connectivity index (χ1) is 12.0. The summed E-state index contributed by atoms with van der Waals surface area (Å²) in [7, 11) is 1.36. The number of benzene rings is 1. The minimum Gasteiger partial charge on any atom is -0.492 e. The van der Waals surface area contributed by atoms with E-state index in [1.54, 1.807) is 31.2 Å². The van der Waals surface area contributed by atoms with Crippen molar-refractivity contribution in [2.75, 3.05) is 7.11 Å². The van der Waals surface area contributed by atoms with Gasteiger partial charge < -0.3 is 14.2 Å². The van der Waals surface area contributed by atoms with E-state index in [1.807, 2.05) is 6.07 Å². The third-order valence-corrected chi connectivity index (χ3v) is 4.74. The molecule has 128 valence electrons. The number of rotatable bonds is 2. The Hall–Kier alpha value is -2.73. The van der Waals surface area contributed by atoms with Gasteiger partial charge in [0.25, 0.3) is 0 Å². The summed E-state index contributed by atoms with van der Waals surface area (Å²) < 4.78 is 16.3. The van der Waals surface area contributed by atoms with Gasteiger partial charge in [-0.15, -0.1) is 0 Å². The Morgan fingerprint density at radius 2 is 1.76 bits per heavy atom. The lowest BCUT2D eigenvalue weighted by atomic mass is 9.78. The lowest BCUT2D eigenvalue weighted by Gasteiger charge is -2.35. The van der Waals surface area contributed by atoms with Gasteiger partial charge in [-0.1, -0.05) is 30.3 Å². The molecule has 2 aliphatic heterocycles. The standard InChI is InChI=1S/C19H16O6/c1-9-13-15(18-11(24-9)8-12(20)25-18)17(22)19(23-2)14(16(13)21)10-6-4-3-5-7-10/h3-7,9,11,18H,8H2,1-2H3/t9-,11-,18+/m0/s1. The number of Topliss-reactive ketones (excluding diaryl/α,β-unsaturated/α-hetero) is 2. The van der Waals surface area contributed by atoms with Gasteiger partial charge >= 0.3 is 5.97 Å². The average molecular weight is 340 g/mol. The monoisotopic (exact) mass is 340 g/mol. The first-order valence-corrected chi connectivity index (χ1v) is 8.05. The SMILES string of the molecule is COC1=C(c2ccccc2)C(=O)C2=C(C1=O)[C@@H]1OC(=O)C[C@@H]1O[C@H]2C.